The van der Waals surface area contributed by atoms with E-state index in [1.807, 2.05) is 19.1 Å². The highest BCUT2D eigenvalue weighted by Crippen LogP contribution is 2.28. The smallest absolute Gasteiger partial charge is 0.129 e. The van der Waals surface area contributed by atoms with Crippen LogP contribution in [0.2, 0.25) is 0 Å². The van der Waals surface area contributed by atoms with E-state index in [1.54, 1.807) is 18.2 Å². The first-order valence-corrected chi connectivity index (χ1v) is 6.76. The Balaban J connectivity index is 2.22. The van der Waals surface area contributed by atoms with Crippen molar-refractivity contribution in [1.82, 2.24) is 0 Å². The fraction of sp³-hybridized carbons (Fsp3) is 0.200. The van der Waals surface area contributed by atoms with E-state index in [1.165, 1.54) is 6.07 Å². The van der Waals surface area contributed by atoms with Gasteiger partial charge in [0.05, 0.1) is 0 Å². The molecule has 0 unspecified atom stereocenters. The molecule has 0 aliphatic heterocycles. The minimum absolute atomic E-state index is 0.197. The Morgan fingerprint density at radius 3 is 2.63 bits per heavy atom. The predicted molar refractivity (Wildman–Crippen MR) is 77.5 cm³/mol. The molecule has 0 aliphatic carbocycles. The number of hydrogen-bond donors (Lipinski definition) is 1. The largest absolute Gasteiger partial charge is 0.488 e. The first-order chi connectivity index (χ1) is 9.11. The third-order valence-corrected chi connectivity index (χ3v) is 3.32. The normalized spacial score (nSPS) is 10.5. The Morgan fingerprint density at radius 1 is 1.21 bits per heavy atom. The zero-order chi connectivity index (χ0) is 13.8. The number of nitrogens with two attached hydrogens (primary N) is 1. The molecule has 2 rings (SSSR count). The van der Waals surface area contributed by atoms with Crippen molar-refractivity contribution in [2.75, 3.05) is 0 Å². The molecule has 4 heteroatoms. The van der Waals surface area contributed by atoms with Gasteiger partial charge in [0.1, 0.15) is 18.2 Å². The van der Waals surface area contributed by atoms with E-state index < -0.39 is 0 Å². The molecule has 2 nitrogen and oxygen atoms in total. The van der Waals surface area contributed by atoms with Crippen LogP contribution in [0, 0.1) is 12.7 Å². The summed E-state index contributed by atoms with van der Waals surface area (Å²) in [4.78, 5) is 0. The Labute approximate surface area is 120 Å². The summed E-state index contributed by atoms with van der Waals surface area (Å²) in [6.45, 7) is 2.52. The maximum atomic E-state index is 13.5. The highest BCUT2D eigenvalue weighted by Gasteiger charge is 2.09. The maximum absolute atomic E-state index is 13.5. The molecule has 0 amide bonds. The molecule has 100 valence electrons. The second-order valence-electron chi connectivity index (χ2n) is 4.30. The quantitative estimate of drug-likeness (QED) is 0.925. The van der Waals surface area contributed by atoms with Gasteiger partial charge >= 0.3 is 0 Å². The van der Waals surface area contributed by atoms with Crippen LogP contribution in [0.3, 0.4) is 0 Å². The number of aryl methyl sites for hydroxylation is 1. The first kappa shape index (κ1) is 14.0. The van der Waals surface area contributed by atoms with E-state index in [-0.39, 0.29) is 12.4 Å². The molecule has 0 aromatic heterocycles. The molecule has 2 aromatic carbocycles. The first-order valence-electron chi connectivity index (χ1n) is 5.97. The van der Waals surface area contributed by atoms with Crippen LogP contribution in [0.25, 0.3) is 0 Å². The van der Waals surface area contributed by atoms with Gasteiger partial charge in [-0.15, -0.1) is 0 Å². The SMILES string of the molecule is Cc1cc(Br)cc(CN)c1OCc1ccccc1F. The maximum Gasteiger partial charge on any atom is 0.129 e. The molecule has 0 saturated heterocycles. The van der Waals surface area contributed by atoms with E-state index in [4.69, 9.17) is 10.5 Å². The molecule has 0 radical (unpaired) electrons. The van der Waals surface area contributed by atoms with Gasteiger partial charge in [0.15, 0.2) is 0 Å². The van der Waals surface area contributed by atoms with E-state index >= 15 is 0 Å². The van der Waals surface area contributed by atoms with Gasteiger partial charge in [-0.05, 0) is 30.7 Å². The molecule has 0 bridgehead atoms. The molecule has 2 aromatic rings. The van der Waals surface area contributed by atoms with Gasteiger partial charge in [-0.1, -0.05) is 34.1 Å². The summed E-state index contributed by atoms with van der Waals surface area (Å²) in [7, 11) is 0. The van der Waals surface area contributed by atoms with Crippen molar-refractivity contribution in [2.45, 2.75) is 20.1 Å². The highest BCUT2D eigenvalue weighted by atomic mass is 79.9. The number of rotatable bonds is 4. The summed E-state index contributed by atoms with van der Waals surface area (Å²) < 4.78 is 20.2. The Kier molecular flexibility index (Phi) is 4.56. The van der Waals surface area contributed by atoms with Gasteiger partial charge in [-0.25, -0.2) is 4.39 Å². The van der Waals surface area contributed by atoms with Crippen LogP contribution in [0.5, 0.6) is 5.75 Å². The molecule has 0 spiro atoms. The molecule has 19 heavy (non-hydrogen) atoms. The van der Waals surface area contributed by atoms with Crippen molar-refractivity contribution in [1.29, 1.82) is 0 Å². The lowest BCUT2D eigenvalue weighted by atomic mass is 10.1. The average Bonchev–Trinajstić information content (AvgIpc) is 2.38. The summed E-state index contributed by atoms with van der Waals surface area (Å²) >= 11 is 3.42. The van der Waals surface area contributed by atoms with Crippen molar-refractivity contribution in [3.05, 3.63) is 63.4 Å². The number of ether oxygens (including phenoxy) is 1. The molecule has 2 N–H and O–H groups in total. The van der Waals surface area contributed by atoms with E-state index in [2.05, 4.69) is 15.9 Å². The molecule has 0 heterocycles. The molecular weight excluding hydrogens is 309 g/mol. The van der Waals surface area contributed by atoms with E-state index in [9.17, 15) is 4.39 Å². The van der Waals surface area contributed by atoms with Gasteiger partial charge in [0, 0.05) is 22.1 Å². The minimum atomic E-state index is -0.258. The molecule has 0 atom stereocenters. The topological polar surface area (TPSA) is 35.2 Å². The Hall–Kier alpha value is -1.39. The standard InChI is InChI=1S/C15H15BrFNO/c1-10-6-13(16)7-12(8-18)15(10)19-9-11-4-2-3-5-14(11)17/h2-7H,8-9,18H2,1H3. The van der Waals surface area contributed by atoms with Crippen LogP contribution >= 0.6 is 15.9 Å². The zero-order valence-electron chi connectivity index (χ0n) is 10.6. The molecular formula is C15H15BrFNO. The Morgan fingerprint density at radius 2 is 1.95 bits per heavy atom. The zero-order valence-corrected chi connectivity index (χ0v) is 12.2. The lowest BCUT2D eigenvalue weighted by molar-refractivity contribution is 0.294. The van der Waals surface area contributed by atoms with Crippen LogP contribution in [-0.4, -0.2) is 0 Å². The second kappa shape index (κ2) is 6.17. The summed E-state index contributed by atoms with van der Waals surface area (Å²) in [5.41, 5.74) is 8.13. The van der Waals surface area contributed by atoms with Gasteiger partial charge in [0.2, 0.25) is 0 Å². The Bertz CT molecular complexity index is 586. The van der Waals surface area contributed by atoms with Crippen LogP contribution in [0.4, 0.5) is 4.39 Å². The van der Waals surface area contributed by atoms with Gasteiger partial charge < -0.3 is 10.5 Å². The van der Waals surface area contributed by atoms with Crippen LogP contribution < -0.4 is 10.5 Å². The molecule has 0 aliphatic rings. The lowest BCUT2D eigenvalue weighted by Crippen LogP contribution is -2.05. The van der Waals surface area contributed by atoms with Crippen molar-refractivity contribution in [3.63, 3.8) is 0 Å². The molecule has 0 saturated carbocycles. The fourth-order valence-corrected chi connectivity index (χ4v) is 2.54. The predicted octanol–water partition coefficient (Wildman–Crippen LogP) is 3.93. The van der Waals surface area contributed by atoms with Gasteiger partial charge in [-0.3, -0.25) is 0 Å². The van der Waals surface area contributed by atoms with E-state index in [0.29, 0.717) is 12.1 Å². The summed E-state index contributed by atoms with van der Waals surface area (Å²) in [5.74, 6) is 0.473. The third kappa shape index (κ3) is 3.33. The summed E-state index contributed by atoms with van der Waals surface area (Å²) in [6.07, 6.45) is 0. The van der Waals surface area contributed by atoms with Crippen LogP contribution in [0.15, 0.2) is 40.9 Å². The summed E-state index contributed by atoms with van der Waals surface area (Å²) in [5, 5.41) is 0. The van der Waals surface area contributed by atoms with Gasteiger partial charge in [0.25, 0.3) is 0 Å². The molecule has 0 fully saturated rings. The van der Waals surface area contributed by atoms with Crippen LogP contribution in [0.1, 0.15) is 16.7 Å². The minimum Gasteiger partial charge on any atom is -0.488 e. The average molecular weight is 324 g/mol. The highest BCUT2D eigenvalue weighted by molar-refractivity contribution is 9.10. The second-order valence-corrected chi connectivity index (χ2v) is 5.21. The number of hydrogen-bond acceptors (Lipinski definition) is 2. The van der Waals surface area contributed by atoms with Gasteiger partial charge in [-0.2, -0.15) is 0 Å². The fourth-order valence-electron chi connectivity index (χ4n) is 1.92. The van der Waals surface area contributed by atoms with Crippen molar-refractivity contribution in [2.24, 2.45) is 5.73 Å². The van der Waals surface area contributed by atoms with Crippen molar-refractivity contribution >= 4 is 15.9 Å². The van der Waals surface area contributed by atoms with Crippen LogP contribution in [-0.2, 0) is 13.2 Å². The monoisotopic (exact) mass is 323 g/mol. The van der Waals surface area contributed by atoms with E-state index in [0.717, 1.165) is 21.3 Å². The third-order valence-electron chi connectivity index (χ3n) is 2.87. The van der Waals surface area contributed by atoms with Crippen molar-refractivity contribution < 1.29 is 9.13 Å². The number of halogens is 2. The lowest BCUT2D eigenvalue weighted by Gasteiger charge is -2.14. The number of benzene rings is 2. The summed E-state index contributed by atoms with van der Waals surface area (Å²) in [6, 6.07) is 10.5. The van der Waals surface area contributed by atoms with Crippen molar-refractivity contribution in [3.8, 4) is 5.75 Å².